The van der Waals surface area contributed by atoms with Crippen molar-refractivity contribution >= 4 is 15.9 Å². The van der Waals surface area contributed by atoms with Gasteiger partial charge in [-0.05, 0) is 23.8 Å². The van der Waals surface area contributed by atoms with E-state index in [1.54, 1.807) is 6.07 Å². The molecule has 112 valence electrons. The van der Waals surface area contributed by atoms with E-state index in [4.69, 9.17) is 4.74 Å². The van der Waals surface area contributed by atoms with Gasteiger partial charge in [0.05, 0.1) is 0 Å². The zero-order valence-corrected chi connectivity index (χ0v) is 13.8. The van der Waals surface area contributed by atoms with Gasteiger partial charge in [-0.15, -0.1) is 0 Å². The zero-order chi connectivity index (χ0) is 15.2. The van der Waals surface area contributed by atoms with Crippen LogP contribution in [0.1, 0.15) is 25.0 Å². The highest BCUT2D eigenvalue weighted by Gasteiger charge is 2.10. The Kier molecular flexibility index (Phi) is 5.76. The molecule has 1 N–H and O–H groups in total. The van der Waals surface area contributed by atoms with Crippen molar-refractivity contribution in [1.82, 2.24) is 5.32 Å². The second kappa shape index (κ2) is 7.57. The number of ether oxygens (including phenoxy) is 1. The molecule has 0 aliphatic heterocycles. The molecular weight excluding hydrogens is 333 g/mol. The lowest BCUT2D eigenvalue weighted by atomic mass is 10.1. The molecule has 2 aromatic rings. The maximum Gasteiger partial charge on any atom is 0.165 e. The Hall–Kier alpha value is -1.39. The first-order valence-electron chi connectivity index (χ1n) is 6.94. The molecular formula is C17H19BrFNO. The Bertz CT molecular complexity index is 584. The van der Waals surface area contributed by atoms with Gasteiger partial charge in [-0.3, -0.25) is 0 Å². The SMILES string of the molecule is CC(C)NCc1cccc(F)c1OCc1ccc(Br)cc1. The minimum atomic E-state index is -0.324. The summed E-state index contributed by atoms with van der Waals surface area (Å²) in [6.07, 6.45) is 0. The van der Waals surface area contributed by atoms with E-state index >= 15 is 0 Å². The summed E-state index contributed by atoms with van der Waals surface area (Å²) in [4.78, 5) is 0. The number of rotatable bonds is 6. The Balaban J connectivity index is 2.09. The molecule has 0 atom stereocenters. The monoisotopic (exact) mass is 351 g/mol. The number of nitrogens with one attached hydrogen (secondary N) is 1. The van der Waals surface area contributed by atoms with Crippen LogP contribution >= 0.6 is 15.9 Å². The van der Waals surface area contributed by atoms with Crippen molar-refractivity contribution < 1.29 is 9.13 Å². The van der Waals surface area contributed by atoms with Gasteiger partial charge in [0.25, 0.3) is 0 Å². The fourth-order valence-corrected chi connectivity index (χ4v) is 2.17. The summed E-state index contributed by atoms with van der Waals surface area (Å²) in [7, 11) is 0. The summed E-state index contributed by atoms with van der Waals surface area (Å²) in [5.41, 5.74) is 1.84. The van der Waals surface area contributed by atoms with Gasteiger partial charge in [0.1, 0.15) is 6.61 Å². The smallest absolute Gasteiger partial charge is 0.165 e. The highest BCUT2D eigenvalue weighted by Crippen LogP contribution is 2.24. The molecule has 2 nitrogen and oxygen atoms in total. The highest BCUT2D eigenvalue weighted by molar-refractivity contribution is 9.10. The summed E-state index contributed by atoms with van der Waals surface area (Å²) >= 11 is 3.39. The van der Waals surface area contributed by atoms with Crippen LogP contribution in [0.15, 0.2) is 46.9 Å². The van der Waals surface area contributed by atoms with E-state index in [-0.39, 0.29) is 5.82 Å². The molecule has 2 aromatic carbocycles. The van der Waals surface area contributed by atoms with Crippen LogP contribution in [0.25, 0.3) is 0 Å². The van der Waals surface area contributed by atoms with E-state index in [1.165, 1.54) is 6.07 Å². The van der Waals surface area contributed by atoms with E-state index in [0.717, 1.165) is 15.6 Å². The van der Waals surface area contributed by atoms with Crippen LogP contribution in [0, 0.1) is 5.82 Å². The molecule has 0 saturated heterocycles. The van der Waals surface area contributed by atoms with Gasteiger partial charge in [-0.25, -0.2) is 4.39 Å². The Morgan fingerprint density at radius 3 is 2.52 bits per heavy atom. The maximum atomic E-state index is 14.0. The average Bonchev–Trinajstić information content (AvgIpc) is 2.46. The van der Waals surface area contributed by atoms with Gasteiger partial charge >= 0.3 is 0 Å². The van der Waals surface area contributed by atoms with Crippen LogP contribution < -0.4 is 10.1 Å². The number of benzene rings is 2. The lowest BCUT2D eigenvalue weighted by molar-refractivity contribution is 0.285. The van der Waals surface area contributed by atoms with Crippen LogP contribution in [0.3, 0.4) is 0 Å². The fraction of sp³-hybridized carbons (Fsp3) is 0.294. The highest BCUT2D eigenvalue weighted by atomic mass is 79.9. The third kappa shape index (κ3) is 4.83. The molecule has 0 aromatic heterocycles. The van der Waals surface area contributed by atoms with Gasteiger partial charge < -0.3 is 10.1 Å². The third-order valence-corrected chi connectivity index (χ3v) is 3.57. The minimum Gasteiger partial charge on any atom is -0.485 e. The molecule has 0 radical (unpaired) electrons. The summed E-state index contributed by atoms with van der Waals surface area (Å²) in [5, 5.41) is 3.28. The number of hydrogen-bond acceptors (Lipinski definition) is 2. The second-order valence-electron chi connectivity index (χ2n) is 5.18. The molecule has 0 unspecified atom stereocenters. The van der Waals surface area contributed by atoms with E-state index in [1.807, 2.05) is 30.3 Å². The van der Waals surface area contributed by atoms with E-state index in [2.05, 4.69) is 35.1 Å². The third-order valence-electron chi connectivity index (χ3n) is 3.05. The molecule has 0 aliphatic rings. The Morgan fingerprint density at radius 2 is 1.86 bits per heavy atom. The second-order valence-corrected chi connectivity index (χ2v) is 6.09. The molecule has 4 heteroatoms. The van der Waals surface area contributed by atoms with Crippen molar-refractivity contribution in [2.45, 2.75) is 33.0 Å². The van der Waals surface area contributed by atoms with Gasteiger partial charge in [-0.1, -0.05) is 54.0 Å². The summed E-state index contributed by atoms with van der Waals surface area (Å²) < 4.78 is 20.7. The molecule has 2 rings (SSSR count). The quantitative estimate of drug-likeness (QED) is 0.816. The van der Waals surface area contributed by atoms with Crippen LogP contribution in [-0.2, 0) is 13.2 Å². The van der Waals surface area contributed by atoms with Gasteiger partial charge in [0.15, 0.2) is 11.6 Å². The largest absolute Gasteiger partial charge is 0.485 e. The topological polar surface area (TPSA) is 21.3 Å². The van der Waals surface area contributed by atoms with Crippen molar-refractivity contribution in [3.8, 4) is 5.75 Å². The number of para-hydroxylation sites is 1. The Labute approximate surface area is 133 Å². The van der Waals surface area contributed by atoms with Gasteiger partial charge in [-0.2, -0.15) is 0 Å². The standard InChI is InChI=1S/C17H19BrFNO/c1-12(2)20-10-14-4-3-5-16(19)17(14)21-11-13-6-8-15(18)9-7-13/h3-9,12,20H,10-11H2,1-2H3. The normalized spacial score (nSPS) is 10.9. The molecule has 0 heterocycles. The average molecular weight is 352 g/mol. The predicted octanol–water partition coefficient (Wildman–Crippen LogP) is 4.67. The Morgan fingerprint density at radius 1 is 1.14 bits per heavy atom. The first-order valence-corrected chi connectivity index (χ1v) is 7.73. The van der Waals surface area contributed by atoms with Crippen LogP contribution in [0.4, 0.5) is 4.39 Å². The number of halogens is 2. The van der Waals surface area contributed by atoms with Crippen LogP contribution in [0.2, 0.25) is 0 Å². The fourth-order valence-electron chi connectivity index (χ4n) is 1.90. The molecule has 0 amide bonds. The van der Waals surface area contributed by atoms with Crippen molar-refractivity contribution in [3.63, 3.8) is 0 Å². The van der Waals surface area contributed by atoms with Gasteiger partial charge in [0, 0.05) is 22.6 Å². The lowest BCUT2D eigenvalue weighted by Gasteiger charge is -2.14. The lowest BCUT2D eigenvalue weighted by Crippen LogP contribution is -2.22. The minimum absolute atomic E-state index is 0.324. The molecule has 0 fully saturated rings. The van der Waals surface area contributed by atoms with Crippen LogP contribution in [0.5, 0.6) is 5.75 Å². The van der Waals surface area contributed by atoms with Crippen molar-refractivity contribution in [2.24, 2.45) is 0 Å². The summed E-state index contributed by atoms with van der Waals surface area (Å²) in [6, 6.07) is 13.2. The van der Waals surface area contributed by atoms with Crippen LogP contribution in [-0.4, -0.2) is 6.04 Å². The first kappa shape index (κ1) is 16.0. The predicted molar refractivity (Wildman–Crippen MR) is 86.8 cm³/mol. The van der Waals surface area contributed by atoms with Crippen molar-refractivity contribution in [2.75, 3.05) is 0 Å². The molecule has 0 saturated carbocycles. The number of hydrogen-bond donors (Lipinski definition) is 1. The van der Waals surface area contributed by atoms with Crippen molar-refractivity contribution in [3.05, 3.63) is 63.9 Å². The van der Waals surface area contributed by atoms with E-state index in [9.17, 15) is 4.39 Å². The molecule has 0 spiro atoms. The van der Waals surface area contributed by atoms with E-state index < -0.39 is 0 Å². The van der Waals surface area contributed by atoms with Crippen molar-refractivity contribution in [1.29, 1.82) is 0 Å². The summed E-state index contributed by atoms with van der Waals surface area (Å²) in [5.74, 6) is 0.00346. The molecule has 0 aliphatic carbocycles. The molecule has 21 heavy (non-hydrogen) atoms. The molecule has 0 bridgehead atoms. The zero-order valence-electron chi connectivity index (χ0n) is 12.2. The van der Waals surface area contributed by atoms with E-state index in [0.29, 0.717) is 24.9 Å². The maximum absolute atomic E-state index is 14.0. The summed E-state index contributed by atoms with van der Waals surface area (Å²) in [6.45, 7) is 5.05. The van der Waals surface area contributed by atoms with Gasteiger partial charge in [0.2, 0.25) is 0 Å². The first-order chi connectivity index (χ1) is 10.1.